The van der Waals surface area contributed by atoms with Crippen molar-refractivity contribution in [3.05, 3.63) is 52.6 Å². The van der Waals surface area contributed by atoms with Crippen LogP contribution in [0.2, 0.25) is 0 Å². The Balaban J connectivity index is 2.19. The molecule has 0 saturated heterocycles. The van der Waals surface area contributed by atoms with Crippen molar-refractivity contribution in [2.75, 3.05) is 23.9 Å². The molecule has 4 nitrogen and oxygen atoms in total. The van der Waals surface area contributed by atoms with E-state index in [2.05, 4.69) is 15.9 Å². The Labute approximate surface area is 156 Å². The normalized spacial score (nSPS) is 16.2. The maximum atomic E-state index is 12.6. The summed E-state index contributed by atoms with van der Waals surface area (Å²) in [6.07, 6.45) is -0.192. The minimum atomic E-state index is -0.192. The number of rotatable bonds is 3. The van der Waals surface area contributed by atoms with Crippen LogP contribution in [0.4, 0.5) is 5.69 Å². The first-order valence-corrected chi connectivity index (χ1v) is 9.37. The first-order valence-electron chi connectivity index (χ1n) is 8.25. The summed E-state index contributed by atoms with van der Waals surface area (Å²) in [7, 11) is 1.66. The smallest absolute Gasteiger partial charge is 0.237 e. The number of anilines is 1. The van der Waals surface area contributed by atoms with Gasteiger partial charge in [0.05, 0.1) is 24.7 Å². The Morgan fingerprint density at radius 1 is 1.20 bits per heavy atom. The molecule has 5 heteroatoms. The predicted octanol–water partition coefficient (Wildman–Crippen LogP) is 4.48. The zero-order valence-corrected chi connectivity index (χ0v) is 16.5. The summed E-state index contributed by atoms with van der Waals surface area (Å²) in [6, 6.07) is 10.0. The van der Waals surface area contributed by atoms with Gasteiger partial charge in [-0.05, 0) is 37.5 Å². The lowest BCUT2D eigenvalue weighted by atomic mass is 9.97. The van der Waals surface area contributed by atoms with E-state index in [-0.39, 0.29) is 17.3 Å². The summed E-state index contributed by atoms with van der Waals surface area (Å²) in [5.41, 5.74) is 4.85. The summed E-state index contributed by atoms with van der Waals surface area (Å²) >= 11 is 3.31. The fourth-order valence-electron chi connectivity index (χ4n) is 3.43. The number of alkyl halides is 1. The summed E-state index contributed by atoms with van der Waals surface area (Å²) in [6.45, 7) is 6.49. The summed E-state index contributed by atoms with van der Waals surface area (Å²) in [5, 5.41) is 0.266. The number of methoxy groups -OCH3 is 1. The van der Waals surface area contributed by atoms with Crippen LogP contribution in [-0.4, -0.2) is 24.9 Å². The third-order valence-electron chi connectivity index (χ3n) is 4.82. The summed E-state index contributed by atoms with van der Waals surface area (Å²) in [5.74, 6) is 1.59. The molecule has 3 rings (SSSR count). The van der Waals surface area contributed by atoms with Crippen LogP contribution in [0, 0.1) is 20.8 Å². The van der Waals surface area contributed by atoms with Crippen LogP contribution < -0.4 is 14.4 Å². The van der Waals surface area contributed by atoms with Crippen molar-refractivity contribution >= 4 is 27.5 Å². The molecule has 1 aliphatic heterocycles. The van der Waals surface area contributed by atoms with Crippen LogP contribution in [0.3, 0.4) is 0 Å². The molecule has 1 amide bonds. The summed E-state index contributed by atoms with van der Waals surface area (Å²) < 4.78 is 12.0. The van der Waals surface area contributed by atoms with Crippen LogP contribution >= 0.6 is 15.9 Å². The highest BCUT2D eigenvalue weighted by Crippen LogP contribution is 2.48. The Kier molecular flexibility index (Phi) is 5.04. The van der Waals surface area contributed by atoms with Crippen molar-refractivity contribution in [2.24, 2.45) is 0 Å². The lowest BCUT2D eigenvalue weighted by Gasteiger charge is -2.38. The minimum Gasteiger partial charge on any atom is -0.496 e. The average Bonchev–Trinajstić information content (AvgIpc) is 2.65. The van der Waals surface area contributed by atoms with Gasteiger partial charge in [-0.3, -0.25) is 4.79 Å². The van der Waals surface area contributed by atoms with Crippen molar-refractivity contribution in [2.45, 2.75) is 26.9 Å². The fourth-order valence-corrected chi connectivity index (χ4v) is 3.73. The molecule has 1 unspecified atom stereocenters. The molecule has 25 heavy (non-hydrogen) atoms. The molecule has 1 heterocycles. The van der Waals surface area contributed by atoms with Crippen LogP contribution in [0.5, 0.6) is 11.5 Å². The van der Waals surface area contributed by atoms with Gasteiger partial charge in [0.15, 0.2) is 0 Å². The Bertz CT molecular complexity index is 805. The van der Waals surface area contributed by atoms with Gasteiger partial charge < -0.3 is 14.4 Å². The first-order chi connectivity index (χ1) is 12.0. The van der Waals surface area contributed by atoms with Crippen molar-refractivity contribution in [1.82, 2.24) is 0 Å². The van der Waals surface area contributed by atoms with Gasteiger partial charge in [-0.25, -0.2) is 0 Å². The molecule has 0 spiro atoms. The number of nitrogens with zero attached hydrogens (tertiary/aromatic N) is 1. The van der Waals surface area contributed by atoms with E-state index in [0.717, 1.165) is 39.4 Å². The zero-order chi connectivity index (χ0) is 18.1. The van der Waals surface area contributed by atoms with Gasteiger partial charge in [-0.2, -0.15) is 0 Å². The van der Waals surface area contributed by atoms with Crippen molar-refractivity contribution in [1.29, 1.82) is 0 Å². The highest BCUT2D eigenvalue weighted by atomic mass is 79.9. The molecule has 2 aromatic carbocycles. The van der Waals surface area contributed by atoms with E-state index < -0.39 is 0 Å². The molecule has 0 aliphatic carbocycles. The Morgan fingerprint density at radius 2 is 1.88 bits per heavy atom. The van der Waals surface area contributed by atoms with Gasteiger partial charge in [-0.15, -0.1) is 0 Å². The second-order valence-electron chi connectivity index (χ2n) is 6.24. The number of hydrogen-bond acceptors (Lipinski definition) is 3. The molecule has 1 atom stereocenters. The van der Waals surface area contributed by atoms with Gasteiger partial charge in [0.25, 0.3) is 0 Å². The molecule has 0 radical (unpaired) electrons. The van der Waals surface area contributed by atoms with Gasteiger partial charge in [-0.1, -0.05) is 46.3 Å². The quantitative estimate of drug-likeness (QED) is 0.708. The number of carbonyl (C=O) groups excluding carboxylic acids is 1. The number of halogens is 1. The number of hydrogen-bond donors (Lipinski definition) is 0. The highest BCUT2D eigenvalue weighted by Gasteiger charge is 2.34. The van der Waals surface area contributed by atoms with Gasteiger partial charge in [0.2, 0.25) is 5.91 Å². The third-order valence-corrected chi connectivity index (χ3v) is 5.30. The van der Waals surface area contributed by atoms with Crippen LogP contribution in [0.15, 0.2) is 30.3 Å². The standard InChI is InChI=1S/C20H22BrNO3/c1-12-13(2)20-18(14(3)19(12)24-4)22(17(23)10-21)11-16(25-20)15-8-6-5-7-9-15/h5-9,16H,10-11H2,1-4H3. The first kappa shape index (κ1) is 17.8. The number of ether oxygens (including phenoxy) is 2. The van der Waals surface area contributed by atoms with Crippen LogP contribution in [-0.2, 0) is 4.79 Å². The van der Waals surface area contributed by atoms with E-state index in [1.54, 1.807) is 7.11 Å². The second kappa shape index (κ2) is 7.08. The minimum absolute atomic E-state index is 0.0129. The van der Waals surface area contributed by atoms with E-state index in [1.807, 2.05) is 56.0 Å². The predicted molar refractivity (Wildman–Crippen MR) is 103 cm³/mol. The molecule has 2 aromatic rings. The Hall–Kier alpha value is -2.01. The SMILES string of the molecule is COc1c(C)c(C)c2c(c1C)N(C(=O)CBr)CC(c1ccccc1)O2. The topological polar surface area (TPSA) is 38.8 Å². The van der Waals surface area contributed by atoms with Crippen LogP contribution in [0.25, 0.3) is 0 Å². The van der Waals surface area contributed by atoms with Gasteiger partial charge >= 0.3 is 0 Å². The number of carbonyl (C=O) groups is 1. The lowest BCUT2D eigenvalue weighted by molar-refractivity contribution is -0.116. The van der Waals surface area contributed by atoms with Crippen molar-refractivity contribution in [3.8, 4) is 11.5 Å². The number of fused-ring (bicyclic) bond motifs is 1. The molecule has 1 aliphatic rings. The molecule has 132 valence electrons. The fraction of sp³-hybridized carbons (Fsp3) is 0.350. The molecule has 0 fully saturated rings. The van der Waals surface area contributed by atoms with E-state index in [0.29, 0.717) is 6.54 Å². The largest absolute Gasteiger partial charge is 0.496 e. The average molecular weight is 404 g/mol. The lowest BCUT2D eigenvalue weighted by Crippen LogP contribution is -2.41. The molecule has 0 N–H and O–H groups in total. The van der Waals surface area contributed by atoms with E-state index >= 15 is 0 Å². The van der Waals surface area contributed by atoms with E-state index in [1.165, 1.54) is 0 Å². The van der Waals surface area contributed by atoms with Crippen molar-refractivity contribution < 1.29 is 14.3 Å². The summed E-state index contributed by atoms with van der Waals surface area (Å²) in [4.78, 5) is 14.5. The number of benzene rings is 2. The monoisotopic (exact) mass is 403 g/mol. The third kappa shape index (κ3) is 3.01. The molecule has 0 bridgehead atoms. The maximum Gasteiger partial charge on any atom is 0.237 e. The molecule has 0 aromatic heterocycles. The zero-order valence-electron chi connectivity index (χ0n) is 14.9. The Morgan fingerprint density at radius 3 is 2.48 bits per heavy atom. The van der Waals surface area contributed by atoms with Crippen LogP contribution in [0.1, 0.15) is 28.4 Å². The van der Waals surface area contributed by atoms with Crippen molar-refractivity contribution in [3.63, 3.8) is 0 Å². The molecular formula is C20H22BrNO3. The van der Waals surface area contributed by atoms with Gasteiger partial charge in [0, 0.05) is 5.56 Å². The molecular weight excluding hydrogens is 382 g/mol. The van der Waals surface area contributed by atoms with E-state index in [9.17, 15) is 4.79 Å². The second-order valence-corrected chi connectivity index (χ2v) is 6.80. The molecule has 0 saturated carbocycles. The van der Waals surface area contributed by atoms with Gasteiger partial charge in [0.1, 0.15) is 17.6 Å². The maximum absolute atomic E-state index is 12.6. The number of amides is 1. The highest BCUT2D eigenvalue weighted by molar-refractivity contribution is 9.09. The van der Waals surface area contributed by atoms with E-state index in [4.69, 9.17) is 9.47 Å².